The number of anilines is 1. The summed E-state index contributed by atoms with van der Waals surface area (Å²) in [5.41, 5.74) is 3.35. The van der Waals surface area contributed by atoms with Crippen molar-refractivity contribution < 1.29 is 18.7 Å². The van der Waals surface area contributed by atoms with Crippen LogP contribution in [0.25, 0.3) is 11.1 Å². The Kier molecular flexibility index (Phi) is 6.74. The van der Waals surface area contributed by atoms with E-state index in [1.807, 2.05) is 54.6 Å². The summed E-state index contributed by atoms with van der Waals surface area (Å²) in [6.07, 6.45) is -0.395. The zero-order chi connectivity index (χ0) is 20.6. The SMILES string of the molecule is C[C@@H](OC(=O)CCc1ccc(F)cc1)C(=O)Nc1ccccc1-c1ccccc1. The van der Waals surface area contributed by atoms with Crippen LogP contribution in [0, 0.1) is 5.82 Å². The van der Waals surface area contributed by atoms with Crippen molar-refractivity contribution in [2.24, 2.45) is 0 Å². The number of hydrogen-bond acceptors (Lipinski definition) is 3. The minimum atomic E-state index is -0.931. The van der Waals surface area contributed by atoms with E-state index in [1.165, 1.54) is 19.1 Å². The van der Waals surface area contributed by atoms with E-state index < -0.39 is 18.0 Å². The van der Waals surface area contributed by atoms with Gasteiger partial charge in [0.05, 0.1) is 0 Å². The molecule has 0 heterocycles. The standard InChI is InChI=1S/C24H22FNO3/c1-17(29-23(27)16-13-18-11-14-20(25)15-12-18)24(28)26-22-10-6-5-9-21(22)19-7-3-2-4-8-19/h2-12,14-15,17H,13,16H2,1H3,(H,26,28)/t17-/m1/s1. The Bertz CT molecular complexity index is 971. The summed E-state index contributed by atoms with van der Waals surface area (Å²) >= 11 is 0. The summed E-state index contributed by atoms with van der Waals surface area (Å²) in [4.78, 5) is 24.6. The Morgan fingerprint density at radius 2 is 1.59 bits per heavy atom. The normalized spacial score (nSPS) is 11.5. The lowest BCUT2D eigenvalue weighted by molar-refractivity contribution is -0.153. The number of nitrogens with one attached hydrogen (secondary N) is 1. The largest absolute Gasteiger partial charge is 0.453 e. The Hall–Kier alpha value is -3.47. The van der Waals surface area contributed by atoms with Crippen LogP contribution in [0.15, 0.2) is 78.9 Å². The van der Waals surface area contributed by atoms with Crippen molar-refractivity contribution in [2.45, 2.75) is 25.9 Å². The Balaban J connectivity index is 1.57. The van der Waals surface area contributed by atoms with Crippen LogP contribution >= 0.6 is 0 Å². The zero-order valence-electron chi connectivity index (χ0n) is 16.1. The van der Waals surface area contributed by atoms with Gasteiger partial charge < -0.3 is 10.1 Å². The lowest BCUT2D eigenvalue weighted by atomic mass is 10.0. The third-order valence-electron chi connectivity index (χ3n) is 4.48. The fourth-order valence-corrected chi connectivity index (χ4v) is 2.90. The molecule has 0 bridgehead atoms. The molecule has 0 aliphatic carbocycles. The van der Waals surface area contributed by atoms with Crippen LogP contribution in [0.2, 0.25) is 0 Å². The average Bonchev–Trinajstić information content (AvgIpc) is 2.74. The molecule has 0 unspecified atom stereocenters. The first-order chi connectivity index (χ1) is 14.0. The molecule has 0 fully saturated rings. The second kappa shape index (κ2) is 9.64. The van der Waals surface area contributed by atoms with E-state index in [-0.39, 0.29) is 12.2 Å². The van der Waals surface area contributed by atoms with E-state index in [0.29, 0.717) is 12.1 Å². The molecule has 1 N–H and O–H groups in total. The van der Waals surface area contributed by atoms with Crippen LogP contribution in [-0.2, 0) is 20.7 Å². The highest BCUT2D eigenvalue weighted by Gasteiger charge is 2.19. The van der Waals surface area contributed by atoms with E-state index in [9.17, 15) is 14.0 Å². The van der Waals surface area contributed by atoms with Crippen LogP contribution in [-0.4, -0.2) is 18.0 Å². The molecule has 1 atom stereocenters. The Morgan fingerprint density at radius 3 is 2.31 bits per heavy atom. The van der Waals surface area contributed by atoms with Gasteiger partial charge in [0, 0.05) is 17.7 Å². The monoisotopic (exact) mass is 391 g/mol. The Labute approximate surface area is 169 Å². The molecule has 0 aliphatic rings. The molecule has 5 heteroatoms. The van der Waals surface area contributed by atoms with E-state index in [1.54, 1.807) is 12.1 Å². The quantitative estimate of drug-likeness (QED) is 0.577. The van der Waals surface area contributed by atoms with E-state index in [4.69, 9.17) is 4.74 Å². The number of halogens is 1. The lowest BCUT2D eigenvalue weighted by Gasteiger charge is -2.16. The van der Waals surface area contributed by atoms with Crippen molar-refractivity contribution in [3.05, 3.63) is 90.2 Å². The predicted octanol–water partition coefficient (Wildman–Crippen LogP) is 5.00. The van der Waals surface area contributed by atoms with Crippen molar-refractivity contribution in [1.82, 2.24) is 0 Å². The molecule has 0 radical (unpaired) electrons. The van der Waals surface area contributed by atoms with E-state index >= 15 is 0 Å². The van der Waals surface area contributed by atoms with Gasteiger partial charge in [-0.25, -0.2) is 4.39 Å². The van der Waals surface area contributed by atoms with Crippen molar-refractivity contribution in [3.8, 4) is 11.1 Å². The number of hydrogen-bond donors (Lipinski definition) is 1. The lowest BCUT2D eigenvalue weighted by Crippen LogP contribution is -2.30. The van der Waals surface area contributed by atoms with Gasteiger partial charge in [-0.3, -0.25) is 9.59 Å². The van der Waals surface area contributed by atoms with Gasteiger partial charge in [0.15, 0.2) is 6.10 Å². The minimum Gasteiger partial charge on any atom is -0.453 e. The summed E-state index contributed by atoms with van der Waals surface area (Å²) < 4.78 is 18.2. The molecule has 3 aromatic carbocycles. The molecule has 0 saturated heterocycles. The van der Waals surface area contributed by atoms with Crippen LogP contribution < -0.4 is 5.32 Å². The predicted molar refractivity (Wildman–Crippen MR) is 111 cm³/mol. The van der Waals surface area contributed by atoms with Crippen LogP contribution in [0.5, 0.6) is 0 Å². The second-order valence-electron chi connectivity index (χ2n) is 6.66. The molecular weight excluding hydrogens is 369 g/mol. The molecule has 3 rings (SSSR count). The highest BCUT2D eigenvalue weighted by Crippen LogP contribution is 2.27. The van der Waals surface area contributed by atoms with E-state index in [2.05, 4.69) is 5.32 Å². The summed E-state index contributed by atoms with van der Waals surface area (Å²) in [5, 5.41) is 2.84. The molecule has 0 aromatic heterocycles. The maximum Gasteiger partial charge on any atom is 0.306 e. The number of esters is 1. The zero-order valence-corrected chi connectivity index (χ0v) is 16.1. The molecule has 4 nitrogen and oxygen atoms in total. The molecule has 3 aromatic rings. The van der Waals surface area contributed by atoms with Gasteiger partial charge in [0.2, 0.25) is 0 Å². The molecule has 0 saturated carbocycles. The maximum absolute atomic E-state index is 12.9. The Morgan fingerprint density at radius 1 is 0.931 bits per heavy atom. The van der Waals surface area contributed by atoms with Gasteiger partial charge in [-0.15, -0.1) is 0 Å². The van der Waals surface area contributed by atoms with Crippen molar-refractivity contribution in [1.29, 1.82) is 0 Å². The number of aryl methyl sites for hydroxylation is 1. The summed E-state index contributed by atoms with van der Waals surface area (Å²) in [6.45, 7) is 1.54. The fraction of sp³-hybridized carbons (Fsp3) is 0.167. The second-order valence-corrected chi connectivity index (χ2v) is 6.66. The maximum atomic E-state index is 12.9. The number of amides is 1. The molecular formula is C24H22FNO3. The van der Waals surface area contributed by atoms with Crippen LogP contribution in [0.3, 0.4) is 0 Å². The third-order valence-corrected chi connectivity index (χ3v) is 4.48. The van der Waals surface area contributed by atoms with Gasteiger partial charge in [-0.1, -0.05) is 60.7 Å². The van der Waals surface area contributed by atoms with Crippen LogP contribution in [0.1, 0.15) is 18.9 Å². The molecule has 29 heavy (non-hydrogen) atoms. The summed E-state index contributed by atoms with van der Waals surface area (Å²) in [7, 11) is 0. The number of para-hydroxylation sites is 1. The van der Waals surface area contributed by atoms with Crippen molar-refractivity contribution in [3.63, 3.8) is 0 Å². The first-order valence-electron chi connectivity index (χ1n) is 9.42. The minimum absolute atomic E-state index is 0.115. The average molecular weight is 391 g/mol. The molecule has 1 amide bonds. The summed E-state index contributed by atoms with van der Waals surface area (Å²) in [6, 6.07) is 23.1. The highest BCUT2D eigenvalue weighted by molar-refractivity contribution is 5.98. The van der Waals surface area contributed by atoms with Gasteiger partial charge in [-0.2, -0.15) is 0 Å². The first-order valence-corrected chi connectivity index (χ1v) is 9.42. The molecule has 0 spiro atoms. The van der Waals surface area contributed by atoms with Crippen LogP contribution in [0.4, 0.5) is 10.1 Å². The highest BCUT2D eigenvalue weighted by atomic mass is 19.1. The number of rotatable bonds is 7. The topological polar surface area (TPSA) is 55.4 Å². The number of benzene rings is 3. The van der Waals surface area contributed by atoms with E-state index in [0.717, 1.165) is 16.7 Å². The number of carbonyl (C=O) groups is 2. The van der Waals surface area contributed by atoms with Crippen molar-refractivity contribution in [2.75, 3.05) is 5.32 Å². The molecule has 148 valence electrons. The summed E-state index contributed by atoms with van der Waals surface area (Å²) in [5.74, 6) is -1.20. The smallest absolute Gasteiger partial charge is 0.306 e. The van der Waals surface area contributed by atoms with Gasteiger partial charge >= 0.3 is 5.97 Å². The molecule has 0 aliphatic heterocycles. The van der Waals surface area contributed by atoms with Gasteiger partial charge in [0.1, 0.15) is 5.82 Å². The van der Waals surface area contributed by atoms with Gasteiger partial charge in [-0.05, 0) is 42.7 Å². The van der Waals surface area contributed by atoms with Gasteiger partial charge in [0.25, 0.3) is 5.91 Å². The number of ether oxygens (including phenoxy) is 1. The first kappa shape index (κ1) is 20.3. The third kappa shape index (κ3) is 5.75. The fourth-order valence-electron chi connectivity index (χ4n) is 2.90. The number of carbonyl (C=O) groups excluding carboxylic acids is 2. The van der Waals surface area contributed by atoms with Crippen molar-refractivity contribution >= 4 is 17.6 Å².